The Kier molecular flexibility index (Phi) is 56.3. The smallest absolute Gasteiger partial charge is 0.306 e. The fourth-order valence-electron chi connectivity index (χ4n) is 8.39. The molecule has 0 aliphatic carbocycles. The van der Waals surface area contributed by atoms with Crippen molar-refractivity contribution >= 4 is 17.9 Å². The zero-order valence-corrected chi connectivity index (χ0v) is 46.7. The predicted octanol–water partition coefficient (Wildman–Crippen LogP) is 20.3. The summed E-state index contributed by atoms with van der Waals surface area (Å²) in [6.45, 7) is 6.48. The van der Waals surface area contributed by atoms with Crippen molar-refractivity contribution in [3.05, 3.63) is 85.1 Å². The van der Waals surface area contributed by atoms with Gasteiger partial charge in [0.25, 0.3) is 0 Å². The van der Waals surface area contributed by atoms with Crippen LogP contribution in [0.5, 0.6) is 0 Å². The highest BCUT2D eigenvalue weighted by Crippen LogP contribution is 2.16. The van der Waals surface area contributed by atoms with E-state index in [2.05, 4.69) is 106 Å². The van der Waals surface area contributed by atoms with Crippen LogP contribution >= 0.6 is 0 Å². The molecule has 0 saturated heterocycles. The molecule has 0 aliphatic heterocycles. The average Bonchev–Trinajstić information content (AvgIpc) is 3.37. The summed E-state index contributed by atoms with van der Waals surface area (Å²) < 4.78 is 16.9. The third-order valence-electron chi connectivity index (χ3n) is 12.9. The van der Waals surface area contributed by atoms with Gasteiger partial charge in [0, 0.05) is 19.3 Å². The quantitative estimate of drug-likeness (QED) is 0.0261. The number of carbonyl (C=O) groups is 3. The van der Waals surface area contributed by atoms with Gasteiger partial charge in [-0.1, -0.05) is 266 Å². The second kappa shape index (κ2) is 59.2. The van der Waals surface area contributed by atoms with Crippen LogP contribution in [0, 0.1) is 0 Å². The molecule has 1 unspecified atom stereocenters. The van der Waals surface area contributed by atoms with Crippen LogP contribution in [0.1, 0.15) is 290 Å². The molecule has 71 heavy (non-hydrogen) atoms. The summed E-state index contributed by atoms with van der Waals surface area (Å²) in [4.78, 5) is 38.2. The zero-order chi connectivity index (χ0) is 51.4. The number of ether oxygens (including phenoxy) is 3. The van der Waals surface area contributed by atoms with Crippen molar-refractivity contribution in [2.24, 2.45) is 0 Å². The highest BCUT2D eigenvalue weighted by Gasteiger charge is 2.19. The predicted molar refractivity (Wildman–Crippen MR) is 307 cm³/mol. The Hall–Kier alpha value is -3.41. The highest BCUT2D eigenvalue weighted by atomic mass is 16.6. The molecule has 0 N–H and O–H groups in total. The number of hydrogen-bond donors (Lipinski definition) is 0. The number of allylic oxidation sites excluding steroid dienone is 14. The number of rotatable bonds is 54. The van der Waals surface area contributed by atoms with E-state index in [4.69, 9.17) is 14.2 Å². The van der Waals surface area contributed by atoms with E-state index in [0.29, 0.717) is 19.3 Å². The maximum Gasteiger partial charge on any atom is 0.306 e. The minimum Gasteiger partial charge on any atom is -0.462 e. The second-order valence-electron chi connectivity index (χ2n) is 19.9. The van der Waals surface area contributed by atoms with Gasteiger partial charge in [-0.25, -0.2) is 0 Å². The lowest BCUT2D eigenvalue weighted by molar-refractivity contribution is -0.167. The second-order valence-corrected chi connectivity index (χ2v) is 19.9. The molecule has 0 amide bonds. The first kappa shape index (κ1) is 67.6. The lowest BCUT2D eigenvalue weighted by Gasteiger charge is -2.18. The molecule has 408 valence electrons. The molecule has 0 aliphatic rings. The Morgan fingerprint density at radius 3 is 0.930 bits per heavy atom. The normalized spacial score (nSPS) is 12.7. The van der Waals surface area contributed by atoms with E-state index >= 15 is 0 Å². The summed E-state index contributed by atoms with van der Waals surface area (Å²) in [6.07, 6.45) is 77.2. The summed E-state index contributed by atoms with van der Waals surface area (Å²) in [5, 5.41) is 0. The van der Waals surface area contributed by atoms with Gasteiger partial charge in [-0.2, -0.15) is 0 Å². The Morgan fingerprint density at radius 2 is 0.563 bits per heavy atom. The largest absolute Gasteiger partial charge is 0.462 e. The Balaban J connectivity index is 4.45. The SMILES string of the molecule is CC/C=C\C/C=C\C/C=C\C/C=C\C/C=C\CCCC(=O)OC(COC(=O)CCCCCCCCCCC/C=C\C/C=C\CCCCC)COC(=O)CCCCCCCCCCCCCCCCCCC. The molecule has 0 rings (SSSR count). The molecule has 6 nitrogen and oxygen atoms in total. The first-order chi connectivity index (χ1) is 35.0. The standard InChI is InChI=1S/C65H112O6/c1-4-7-10-13-16-19-22-25-28-31-32-35-37-40-43-46-49-52-55-58-64(67)70-61-62(71-65(68)59-56-53-50-47-44-41-38-34-30-27-24-21-18-15-12-9-6-3)60-69-63(66)57-54-51-48-45-42-39-36-33-29-26-23-20-17-14-11-8-5-2/h9,12,16,18-19,21,25,27-28,30,38,41,47,50,62H,4-8,10-11,13-15,17,20,22-24,26,29,31-37,39-40,42-46,48-49,51-61H2,1-3H3/b12-9-,19-16-,21-18-,28-25-,30-27-,41-38-,50-47-. The number of unbranched alkanes of at least 4 members (excludes halogenated alkanes) is 29. The molecule has 1 atom stereocenters. The van der Waals surface area contributed by atoms with Crippen molar-refractivity contribution in [2.45, 2.75) is 297 Å². The lowest BCUT2D eigenvalue weighted by Crippen LogP contribution is -2.30. The van der Waals surface area contributed by atoms with E-state index < -0.39 is 6.10 Å². The van der Waals surface area contributed by atoms with Crippen molar-refractivity contribution in [2.75, 3.05) is 13.2 Å². The molecule has 0 fully saturated rings. The van der Waals surface area contributed by atoms with Gasteiger partial charge in [0.2, 0.25) is 0 Å². The molecule has 0 aromatic rings. The van der Waals surface area contributed by atoms with Crippen LogP contribution < -0.4 is 0 Å². The van der Waals surface area contributed by atoms with Crippen molar-refractivity contribution in [3.8, 4) is 0 Å². The third kappa shape index (κ3) is 57.4. The van der Waals surface area contributed by atoms with E-state index in [0.717, 1.165) is 83.5 Å². The monoisotopic (exact) mass is 989 g/mol. The summed E-state index contributed by atoms with van der Waals surface area (Å²) >= 11 is 0. The van der Waals surface area contributed by atoms with Gasteiger partial charge in [0.1, 0.15) is 13.2 Å². The first-order valence-corrected chi connectivity index (χ1v) is 30.1. The van der Waals surface area contributed by atoms with E-state index in [1.54, 1.807) is 0 Å². The van der Waals surface area contributed by atoms with Crippen LogP contribution in [-0.2, 0) is 28.6 Å². The molecule has 0 saturated carbocycles. The molecule has 0 spiro atoms. The van der Waals surface area contributed by atoms with Gasteiger partial charge in [-0.3, -0.25) is 14.4 Å². The van der Waals surface area contributed by atoms with Gasteiger partial charge >= 0.3 is 17.9 Å². The Morgan fingerprint density at radius 1 is 0.296 bits per heavy atom. The average molecular weight is 990 g/mol. The van der Waals surface area contributed by atoms with Crippen molar-refractivity contribution in [1.29, 1.82) is 0 Å². The van der Waals surface area contributed by atoms with Crippen LogP contribution in [0.25, 0.3) is 0 Å². The Bertz CT molecular complexity index is 1370. The van der Waals surface area contributed by atoms with Crippen LogP contribution in [0.2, 0.25) is 0 Å². The fraction of sp³-hybridized carbons (Fsp3) is 0.738. The van der Waals surface area contributed by atoms with Crippen LogP contribution in [0.15, 0.2) is 85.1 Å². The van der Waals surface area contributed by atoms with E-state index in [-0.39, 0.29) is 37.5 Å². The summed E-state index contributed by atoms with van der Waals surface area (Å²) in [6, 6.07) is 0. The fourth-order valence-corrected chi connectivity index (χ4v) is 8.39. The molecule has 0 aromatic heterocycles. The molecule has 0 radical (unpaired) electrons. The van der Waals surface area contributed by atoms with Gasteiger partial charge in [0.05, 0.1) is 0 Å². The van der Waals surface area contributed by atoms with Crippen LogP contribution in [0.4, 0.5) is 0 Å². The summed E-state index contributed by atoms with van der Waals surface area (Å²) in [5.74, 6) is -0.951. The van der Waals surface area contributed by atoms with Gasteiger partial charge in [-0.15, -0.1) is 0 Å². The summed E-state index contributed by atoms with van der Waals surface area (Å²) in [7, 11) is 0. The van der Waals surface area contributed by atoms with E-state index in [1.165, 1.54) is 161 Å². The molecule has 0 bridgehead atoms. The van der Waals surface area contributed by atoms with Gasteiger partial charge in [0.15, 0.2) is 6.10 Å². The van der Waals surface area contributed by atoms with Crippen LogP contribution in [-0.4, -0.2) is 37.2 Å². The zero-order valence-electron chi connectivity index (χ0n) is 46.7. The molecule has 0 aromatic carbocycles. The van der Waals surface area contributed by atoms with Crippen molar-refractivity contribution in [3.63, 3.8) is 0 Å². The van der Waals surface area contributed by atoms with Crippen molar-refractivity contribution in [1.82, 2.24) is 0 Å². The Labute approximate surface area is 439 Å². The molecule has 6 heteroatoms. The summed E-state index contributed by atoms with van der Waals surface area (Å²) in [5.41, 5.74) is 0. The minimum absolute atomic E-state index is 0.0981. The number of esters is 3. The van der Waals surface area contributed by atoms with Gasteiger partial charge in [-0.05, 0) is 89.9 Å². The lowest BCUT2D eigenvalue weighted by atomic mass is 10.0. The molecular weight excluding hydrogens is 877 g/mol. The van der Waals surface area contributed by atoms with E-state index in [1.807, 2.05) is 0 Å². The maximum atomic E-state index is 12.9. The van der Waals surface area contributed by atoms with E-state index in [9.17, 15) is 14.4 Å². The van der Waals surface area contributed by atoms with Gasteiger partial charge < -0.3 is 14.2 Å². The number of carbonyl (C=O) groups excluding carboxylic acids is 3. The maximum absolute atomic E-state index is 12.9. The van der Waals surface area contributed by atoms with Crippen LogP contribution in [0.3, 0.4) is 0 Å². The number of hydrogen-bond acceptors (Lipinski definition) is 6. The first-order valence-electron chi connectivity index (χ1n) is 30.1. The molecule has 0 heterocycles. The minimum atomic E-state index is -0.807. The van der Waals surface area contributed by atoms with Crippen molar-refractivity contribution < 1.29 is 28.6 Å². The third-order valence-corrected chi connectivity index (χ3v) is 12.9. The topological polar surface area (TPSA) is 78.9 Å². The molecular formula is C65H112O6. The highest BCUT2D eigenvalue weighted by molar-refractivity contribution is 5.71.